The van der Waals surface area contributed by atoms with Gasteiger partial charge in [0.05, 0.1) is 18.4 Å². The molecule has 3 aromatic rings. The summed E-state index contributed by atoms with van der Waals surface area (Å²) in [7, 11) is 0. The van der Waals surface area contributed by atoms with Gasteiger partial charge in [0.1, 0.15) is 5.76 Å². The molecule has 0 aliphatic carbocycles. The number of nitrogens with one attached hydrogen (secondary N) is 1. The molecule has 0 aliphatic rings. The fraction of sp³-hybridized carbons (Fsp3) is 0.316. The van der Waals surface area contributed by atoms with E-state index in [1.165, 1.54) is 5.56 Å². The fourth-order valence-electron chi connectivity index (χ4n) is 2.37. The van der Waals surface area contributed by atoms with Crippen molar-refractivity contribution in [3.63, 3.8) is 0 Å². The van der Waals surface area contributed by atoms with Crippen LogP contribution in [-0.2, 0) is 17.8 Å². The lowest BCUT2D eigenvalue weighted by atomic mass is 10.1. The Hall–Kier alpha value is -2.89. The Balaban J connectivity index is 1.50. The molecule has 0 bridgehead atoms. The van der Waals surface area contributed by atoms with Crippen LogP contribution >= 0.6 is 0 Å². The zero-order chi connectivity index (χ0) is 17.8. The maximum Gasteiger partial charge on any atom is 0.220 e. The lowest BCUT2D eigenvalue weighted by Gasteiger charge is -2.01. The van der Waals surface area contributed by atoms with Crippen LogP contribution in [0.15, 0.2) is 39.3 Å². The minimum Gasteiger partial charge on any atom is -0.444 e. The van der Waals surface area contributed by atoms with Crippen molar-refractivity contribution >= 4 is 5.91 Å². The number of benzene rings is 1. The molecule has 1 amide bonds. The summed E-state index contributed by atoms with van der Waals surface area (Å²) in [6.07, 6.45) is 2.43. The molecule has 6 nitrogen and oxygen atoms in total. The van der Waals surface area contributed by atoms with E-state index >= 15 is 0 Å². The Morgan fingerprint density at radius 2 is 1.84 bits per heavy atom. The average molecular weight is 339 g/mol. The molecule has 0 unspecified atom stereocenters. The zero-order valence-electron chi connectivity index (χ0n) is 14.6. The van der Waals surface area contributed by atoms with Crippen molar-refractivity contribution < 1.29 is 13.6 Å². The summed E-state index contributed by atoms with van der Waals surface area (Å²) in [6, 6.07) is 8.04. The Kier molecular flexibility index (Phi) is 4.97. The van der Waals surface area contributed by atoms with Crippen LogP contribution in [0.2, 0.25) is 0 Å². The van der Waals surface area contributed by atoms with Crippen LogP contribution in [0.25, 0.3) is 11.3 Å². The first-order valence-corrected chi connectivity index (χ1v) is 8.22. The fourth-order valence-corrected chi connectivity index (χ4v) is 2.37. The summed E-state index contributed by atoms with van der Waals surface area (Å²) in [6.45, 7) is 6.04. The number of oxazole rings is 2. The highest BCUT2D eigenvalue weighted by Crippen LogP contribution is 2.21. The molecule has 25 heavy (non-hydrogen) atoms. The first-order chi connectivity index (χ1) is 12.0. The Labute approximate surface area is 146 Å². The van der Waals surface area contributed by atoms with Crippen molar-refractivity contribution in [2.45, 2.75) is 40.2 Å². The molecule has 1 N–H and O–H groups in total. The summed E-state index contributed by atoms with van der Waals surface area (Å²) in [5.41, 5.74) is 3.01. The summed E-state index contributed by atoms with van der Waals surface area (Å²) in [5, 5.41) is 2.79. The zero-order valence-corrected chi connectivity index (χ0v) is 14.6. The van der Waals surface area contributed by atoms with Gasteiger partial charge in [-0.1, -0.05) is 29.8 Å². The minimum atomic E-state index is -0.0939. The largest absolute Gasteiger partial charge is 0.444 e. The number of aryl methyl sites for hydroxylation is 4. The maximum absolute atomic E-state index is 11.9. The van der Waals surface area contributed by atoms with Crippen molar-refractivity contribution in [3.8, 4) is 11.3 Å². The van der Waals surface area contributed by atoms with Gasteiger partial charge in [0, 0.05) is 18.4 Å². The molecule has 0 atom stereocenters. The van der Waals surface area contributed by atoms with E-state index in [1.54, 1.807) is 6.20 Å². The van der Waals surface area contributed by atoms with Gasteiger partial charge in [-0.05, 0) is 20.8 Å². The van der Waals surface area contributed by atoms with Crippen molar-refractivity contribution in [2.24, 2.45) is 0 Å². The molecule has 0 saturated carbocycles. The highest BCUT2D eigenvalue weighted by molar-refractivity contribution is 5.75. The van der Waals surface area contributed by atoms with Gasteiger partial charge in [-0.15, -0.1) is 0 Å². The highest BCUT2D eigenvalue weighted by atomic mass is 16.4. The number of carbonyl (C=O) groups is 1. The van der Waals surface area contributed by atoms with E-state index in [0.29, 0.717) is 30.4 Å². The Morgan fingerprint density at radius 3 is 2.52 bits per heavy atom. The van der Waals surface area contributed by atoms with E-state index in [4.69, 9.17) is 8.83 Å². The molecule has 2 heterocycles. The molecular weight excluding hydrogens is 318 g/mol. The van der Waals surface area contributed by atoms with E-state index in [9.17, 15) is 4.79 Å². The van der Waals surface area contributed by atoms with Crippen LogP contribution in [0.1, 0.15) is 35.2 Å². The molecule has 1 aromatic carbocycles. The third-order valence-corrected chi connectivity index (χ3v) is 3.97. The number of amides is 1. The van der Waals surface area contributed by atoms with E-state index in [-0.39, 0.29) is 12.5 Å². The standard InChI is InChI=1S/C19H21N3O3/c1-12-4-6-15(7-5-12)16-10-21-18(25-16)9-8-17(23)20-11-19-22-13(2)14(3)24-19/h4-7,10H,8-9,11H2,1-3H3,(H,20,23). The summed E-state index contributed by atoms with van der Waals surface area (Å²) >= 11 is 0. The van der Waals surface area contributed by atoms with Gasteiger partial charge in [-0.2, -0.15) is 0 Å². The van der Waals surface area contributed by atoms with Crippen LogP contribution in [0.4, 0.5) is 0 Å². The number of aromatic nitrogens is 2. The first kappa shape index (κ1) is 17.0. The molecule has 0 spiro atoms. The second-order valence-corrected chi connectivity index (χ2v) is 6.01. The minimum absolute atomic E-state index is 0.0939. The van der Waals surface area contributed by atoms with Crippen molar-refractivity contribution in [1.82, 2.24) is 15.3 Å². The quantitative estimate of drug-likeness (QED) is 0.743. The number of hydrogen-bond donors (Lipinski definition) is 1. The van der Waals surface area contributed by atoms with Crippen LogP contribution in [0.3, 0.4) is 0 Å². The van der Waals surface area contributed by atoms with Crippen molar-refractivity contribution in [1.29, 1.82) is 0 Å². The predicted octanol–water partition coefficient (Wildman–Crippen LogP) is 3.50. The van der Waals surface area contributed by atoms with Gasteiger partial charge < -0.3 is 14.2 Å². The molecule has 0 fully saturated rings. The SMILES string of the molecule is Cc1ccc(-c2cnc(CCC(=O)NCc3nc(C)c(C)o3)o2)cc1. The lowest BCUT2D eigenvalue weighted by molar-refractivity contribution is -0.121. The summed E-state index contributed by atoms with van der Waals surface area (Å²) in [4.78, 5) is 20.4. The lowest BCUT2D eigenvalue weighted by Crippen LogP contribution is -2.23. The molecule has 3 rings (SSSR count). The number of rotatable bonds is 6. The normalized spacial score (nSPS) is 10.8. The van der Waals surface area contributed by atoms with E-state index in [2.05, 4.69) is 15.3 Å². The maximum atomic E-state index is 11.9. The van der Waals surface area contributed by atoms with Crippen LogP contribution in [-0.4, -0.2) is 15.9 Å². The van der Waals surface area contributed by atoms with Crippen molar-refractivity contribution in [2.75, 3.05) is 0 Å². The van der Waals surface area contributed by atoms with E-state index in [0.717, 1.165) is 17.0 Å². The smallest absolute Gasteiger partial charge is 0.220 e. The number of carbonyl (C=O) groups excluding carboxylic acids is 1. The topological polar surface area (TPSA) is 81.2 Å². The van der Waals surface area contributed by atoms with Crippen LogP contribution < -0.4 is 5.32 Å². The molecule has 0 radical (unpaired) electrons. The Bertz CT molecular complexity index is 843. The molecular formula is C19H21N3O3. The molecule has 6 heteroatoms. The average Bonchev–Trinajstić information content (AvgIpc) is 3.19. The molecule has 0 saturated heterocycles. The molecule has 0 aliphatic heterocycles. The van der Waals surface area contributed by atoms with Crippen LogP contribution in [0, 0.1) is 20.8 Å². The van der Waals surface area contributed by atoms with Crippen molar-refractivity contribution in [3.05, 3.63) is 59.3 Å². The van der Waals surface area contributed by atoms with E-state index < -0.39 is 0 Å². The highest BCUT2D eigenvalue weighted by Gasteiger charge is 2.10. The van der Waals surface area contributed by atoms with Gasteiger partial charge in [0.25, 0.3) is 0 Å². The predicted molar refractivity (Wildman–Crippen MR) is 92.8 cm³/mol. The van der Waals surface area contributed by atoms with Gasteiger partial charge in [-0.25, -0.2) is 9.97 Å². The third kappa shape index (κ3) is 4.35. The van der Waals surface area contributed by atoms with E-state index in [1.807, 2.05) is 45.0 Å². The summed E-state index contributed by atoms with van der Waals surface area (Å²) < 4.78 is 11.2. The second-order valence-electron chi connectivity index (χ2n) is 6.01. The monoisotopic (exact) mass is 339 g/mol. The van der Waals surface area contributed by atoms with Crippen LogP contribution in [0.5, 0.6) is 0 Å². The number of hydrogen-bond acceptors (Lipinski definition) is 5. The van der Waals surface area contributed by atoms with Gasteiger partial charge in [0.15, 0.2) is 11.7 Å². The van der Waals surface area contributed by atoms with Gasteiger partial charge >= 0.3 is 0 Å². The first-order valence-electron chi connectivity index (χ1n) is 8.22. The van der Waals surface area contributed by atoms with Gasteiger partial charge in [0.2, 0.25) is 11.8 Å². The molecule has 130 valence electrons. The summed E-state index contributed by atoms with van der Waals surface area (Å²) in [5.74, 6) is 2.45. The molecule has 2 aromatic heterocycles. The second kappa shape index (κ2) is 7.34. The van der Waals surface area contributed by atoms with Gasteiger partial charge in [-0.3, -0.25) is 4.79 Å². The third-order valence-electron chi connectivity index (χ3n) is 3.97. The Morgan fingerprint density at radius 1 is 1.08 bits per heavy atom. The number of nitrogens with zero attached hydrogens (tertiary/aromatic N) is 2.